The second kappa shape index (κ2) is 18.4. The molecule has 0 saturated carbocycles. The predicted molar refractivity (Wildman–Crippen MR) is 201 cm³/mol. The smallest absolute Gasteiger partial charge is 0.326 e. The Labute approximate surface area is 320 Å². The molecular weight excluding hydrogens is 731 g/mol. The van der Waals surface area contributed by atoms with Crippen LogP contribution in [-0.4, -0.2) is 124 Å². The van der Waals surface area contributed by atoms with Gasteiger partial charge in [0.15, 0.2) is 0 Å². The lowest BCUT2D eigenvalue weighted by Crippen LogP contribution is -2.58. The highest BCUT2D eigenvalue weighted by molar-refractivity contribution is 7.88. The number of carbonyl (C=O) groups is 5. The number of rotatable bonds is 10. The van der Waals surface area contributed by atoms with E-state index in [9.17, 15) is 37.5 Å². The van der Waals surface area contributed by atoms with Crippen molar-refractivity contribution in [2.45, 2.75) is 88.2 Å². The fraction of sp³-hybridized carbons (Fsp3) is 0.486. The van der Waals surface area contributed by atoms with Crippen molar-refractivity contribution in [1.82, 2.24) is 45.5 Å². The Kier molecular flexibility index (Phi) is 13.7. The van der Waals surface area contributed by atoms with Gasteiger partial charge in [-0.3, -0.25) is 19.2 Å². The van der Waals surface area contributed by atoms with Crippen LogP contribution in [0.1, 0.15) is 55.5 Å². The highest BCUT2D eigenvalue weighted by atomic mass is 32.2. The molecule has 296 valence electrons. The standard InChI is InChI=1S/C37H49N9O8S/c1-24(38-2)33(47)41-31(19-26-14-8-5-9-15-26)36(50)45-23-28-20-32(45)35(49)40-30(18-25-12-6-4-7-13-25)34(48)39-29(37(51)52)16-10-11-17-44(55(3,53)54)21-27-22-46(28)43-42-27/h4-9,12-15,22,24,28-32,38H,10-11,16-21,23H2,1-3H3,(H,39,48)(H,40,49)(H,41,47)(H,51,52). The van der Waals surface area contributed by atoms with E-state index in [4.69, 9.17) is 0 Å². The molecule has 1 aromatic heterocycles. The minimum atomic E-state index is -3.71. The molecule has 2 aliphatic rings. The minimum Gasteiger partial charge on any atom is -0.480 e. The van der Waals surface area contributed by atoms with E-state index in [1.807, 2.05) is 30.3 Å². The molecule has 3 aromatic rings. The Morgan fingerprint density at radius 3 is 2.29 bits per heavy atom. The van der Waals surface area contributed by atoms with Gasteiger partial charge in [-0.2, -0.15) is 4.31 Å². The molecule has 6 unspecified atom stereocenters. The summed E-state index contributed by atoms with van der Waals surface area (Å²) in [5.74, 6) is -3.62. The van der Waals surface area contributed by atoms with E-state index in [0.717, 1.165) is 11.8 Å². The molecule has 2 aliphatic heterocycles. The first kappa shape index (κ1) is 41.0. The quantitative estimate of drug-likeness (QED) is 0.184. The van der Waals surface area contributed by atoms with E-state index < -0.39 is 75.9 Å². The van der Waals surface area contributed by atoms with Gasteiger partial charge in [0.1, 0.15) is 24.2 Å². The van der Waals surface area contributed by atoms with Crippen molar-refractivity contribution in [3.63, 3.8) is 0 Å². The largest absolute Gasteiger partial charge is 0.480 e. The van der Waals surface area contributed by atoms with Gasteiger partial charge in [-0.05, 0) is 44.4 Å². The normalized spacial score (nSPS) is 22.7. The topological polar surface area (TPSA) is 225 Å². The summed E-state index contributed by atoms with van der Waals surface area (Å²) < 4.78 is 28.2. The third-order valence-corrected chi connectivity index (χ3v) is 11.3. The van der Waals surface area contributed by atoms with Gasteiger partial charge in [-0.15, -0.1) is 5.10 Å². The molecule has 0 spiro atoms. The fourth-order valence-electron chi connectivity index (χ4n) is 6.78. The van der Waals surface area contributed by atoms with Crippen LogP contribution in [0.3, 0.4) is 0 Å². The van der Waals surface area contributed by atoms with E-state index in [2.05, 4.69) is 31.6 Å². The summed E-state index contributed by atoms with van der Waals surface area (Å²) in [5, 5.41) is 29.6. The van der Waals surface area contributed by atoms with Crippen LogP contribution in [0.5, 0.6) is 0 Å². The summed E-state index contributed by atoms with van der Waals surface area (Å²) >= 11 is 0. The number of aromatic nitrogens is 3. The zero-order chi connectivity index (χ0) is 39.7. The first-order valence-corrected chi connectivity index (χ1v) is 20.1. The number of likely N-dealkylation sites (tertiary alicyclic amines) is 1. The van der Waals surface area contributed by atoms with Crippen molar-refractivity contribution >= 4 is 39.6 Å². The van der Waals surface area contributed by atoms with Crippen molar-refractivity contribution in [1.29, 1.82) is 0 Å². The summed E-state index contributed by atoms with van der Waals surface area (Å²) in [4.78, 5) is 69.7. The number of hydrogen-bond acceptors (Lipinski definition) is 10. The maximum atomic E-state index is 14.6. The second-order valence-corrected chi connectivity index (χ2v) is 16.1. The molecule has 5 rings (SSSR count). The number of carboxylic acid groups (broad SMARTS) is 1. The number of nitrogens with one attached hydrogen (secondary N) is 4. The maximum absolute atomic E-state index is 14.6. The monoisotopic (exact) mass is 779 g/mol. The Morgan fingerprint density at radius 2 is 1.65 bits per heavy atom. The molecule has 17 nitrogen and oxygen atoms in total. The molecule has 3 heterocycles. The number of amides is 4. The number of benzene rings is 2. The molecule has 5 N–H and O–H groups in total. The van der Waals surface area contributed by atoms with Crippen LogP contribution in [0, 0.1) is 0 Å². The molecular formula is C37H49N9O8S. The molecule has 1 fully saturated rings. The Morgan fingerprint density at radius 1 is 0.982 bits per heavy atom. The first-order valence-electron chi connectivity index (χ1n) is 18.3. The van der Waals surface area contributed by atoms with Gasteiger partial charge in [0.05, 0.1) is 36.8 Å². The Hall–Kier alpha value is -5.20. The highest BCUT2D eigenvalue weighted by Gasteiger charge is 2.44. The van der Waals surface area contributed by atoms with Crippen LogP contribution in [0.4, 0.5) is 0 Å². The number of carboxylic acids is 1. The lowest BCUT2D eigenvalue weighted by molar-refractivity contribution is -0.143. The van der Waals surface area contributed by atoms with E-state index in [1.54, 1.807) is 50.5 Å². The van der Waals surface area contributed by atoms with Crippen molar-refractivity contribution in [2.24, 2.45) is 0 Å². The average Bonchev–Trinajstić information content (AvgIpc) is 3.82. The van der Waals surface area contributed by atoms with Gasteiger partial charge in [-0.25, -0.2) is 17.9 Å². The van der Waals surface area contributed by atoms with Gasteiger partial charge >= 0.3 is 5.97 Å². The van der Waals surface area contributed by atoms with Crippen molar-refractivity contribution in [3.8, 4) is 0 Å². The lowest BCUT2D eigenvalue weighted by atomic mass is 10.0. The maximum Gasteiger partial charge on any atom is 0.326 e. The van der Waals surface area contributed by atoms with Crippen LogP contribution in [0.25, 0.3) is 0 Å². The Bertz CT molecular complexity index is 1930. The van der Waals surface area contributed by atoms with Crippen LogP contribution in [0.2, 0.25) is 0 Å². The molecule has 0 radical (unpaired) electrons. The molecule has 1 saturated heterocycles. The summed E-state index contributed by atoms with van der Waals surface area (Å²) in [6, 6.07) is 12.1. The van der Waals surface area contributed by atoms with Gasteiger partial charge < -0.3 is 31.3 Å². The fourth-order valence-corrected chi connectivity index (χ4v) is 7.60. The molecule has 4 amide bonds. The lowest BCUT2D eigenvalue weighted by Gasteiger charge is -2.30. The summed E-state index contributed by atoms with van der Waals surface area (Å²) in [6.45, 7) is 1.61. The van der Waals surface area contributed by atoms with Gasteiger partial charge in [0.25, 0.3) is 0 Å². The third kappa shape index (κ3) is 10.9. The van der Waals surface area contributed by atoms with Gasteiger partial charge in [-0.1, -0.05) is 65.9 Å². The molecule has 2 aromatic carbocycles. The van der Waals surface area contributed by atoms with Crippen LogP contribution < -0.4 is 21.3 Å². The SMILES string of the molecule is CNC(C)C(=O)NC(Cc1ccccc1)C(=O)N1CC2CC1C(=O)NC(Cc1ccccc1)C(=O)NC(C(=O)O)CCCCN(S(C)(=O)=O)Cc1cn2nn1. The second-order valence-electron chi connectivity index (χ2n) is 14.1. The van der Waals surface area contributed by atoms with Gasteiger partial charge in [0, 0.05) is 32.4 Å². The number of hydrogen-bond donors (Lipinski definition) is 5. The third-order valence-electron chi connectivity index (χ3n) is 10.0. The zero-order valence-corrected chi connectivity index (χ0v) is 31.9. The van der Waals surface area contributed by atoms with E-state index in [0.29, 0.717) is 17.7 Å². The number of fused-ring (bicyclic) bond motifs is 5. The number of carbonyl (C=O) groups excluding carboxylic acids is 4. The minimum absolute atomic E-state index is 0.00807. The Balaban J connectivity index is 1.54. The summed E-state index contributed by atoms with van der Waals surface area (Å²) in [6.07, 6.45) is 3.45. The zero-order valence-electron chi connectivity index (χ0n) is 31.1. The number of sulfonamides is 1. The molecule has 55 heavy (non-hydrogen) atoms. The van der Waals surface area contributed by atoms with Crippen LogP contribution >= 0.6 is 0 Å². The molecule has 0 aliphatic carbocycles. The molecule has 4 bridgehead atoms. The van der Waals surface area contributed by atoms with Gasteiger partial charge in [0.2, 0.25) is 33.7 Å². The molecule has 6 atom stereocenters. The van der Waals surface area contributed by atoms with Crippen LogP contribution in [-0.2, 0) is 53.4 Å². The van der Waals surface area contributed by atoms with Crippen LogP contribution in [0.15, 0.2) is 66.9 Å². The number of aliphatic carboxylic acids is 1. The number of nitrogens with zero attached hydrogens (tertiary/aromatic N) is 5. The number of likely N-dealkylation sites (N-methyl/N-ethyl adjacent to an activating group) is 1. The van der Waals surface area contributed by atoms with Crippen molar-refractivity contribution in [2.75, 3.05) is 26.4 Å². The summed E-state index contributed by atoms with van der Waals surface area (Å²) in [7, 11) is -2.08. The first-order chi connectivity index (χ1) is 26.2. The van der Waals surface area contributed by atoms with E-state index in [-0.39, 0.29) is 51.7 Å². The van der Waals surface area contributed by atoms with Crippen molar-refractivity contribution in [3.05, 3.63) is 83.7 Å². The van der Waals surface area contributed by atoms with E-state index in [1.165, 1.54) is 13.9 Å². The highest BCUT2D eigenvalue weighted by Crippen LogP contribution is 2.29. The van der Waals surface area contributed by atoms with Crippen molar-refractivity contribution < 1.29 is 37.5 Å². The summed E-state index contributed by atoms with van der Waals surface area (Å²) in [5.41, 5.74) is 1.82. The molecule has 18 heteroatoms. The predicted octanol–water partition coefficient (Wildman–Crippen LogP) is -0.00210. The average molecular weight is 780 g/mol. The van der Waals surface area contributed by atoms with E-state index >= 15 is 0 Å².